The van der Waals surface area contributed by atoms with Crippen LogP contribution in [0, 0.1) is 38.2 Å². The molecule has 0 saturated heterocycles. The van der Waals surface area contributed by atoms with Crippen LogP contribution in [0.25, 0.3) is 10.9 Å². The highest BCUT2D eigenvalue weighted by Gasteiger charge is 2.28. The average molecular weight is 268 g/mol. The molecule has 2 aromatic rings. The third kappa shape index (κ3) is 1.73. The zero-order chi connectivity index (χ0) is 14.5. The monoisotopic (exact) mass is 268 g/mol. The third-order valence-electron chi connectivity index (χ3n) is 3.97. The van der Waals surface area contributed by atoms with E-state index >= 15 is 0 Å². The van der Waals surface area contributed by atoms with Crippen molar-refractivity contribution in [1.29, 1.82) is 0 Å². The molecule has 1 nitrogen and oxygen atoms in total. The third-order valence-corrected chi connectivity index (χ3v) is 3.97. The van der Waals surface area contributed by atoms with Crippen LogP contribution < -0.4 is 4.57 Å². The molecule has 0 aliphatic rings. The van der Waals surface area contributed by atoms with Crippen LogP contribution >= 0.6 is 0 Å². The quantitative estimate of drug-likeness (QED) is 0.550. The van der Waals surface area contributed by atoms with Gasteiger partial charge in [0.15, 0.2) is 23.1 Å². The SMILES string of the molecule is CCc1c(C)c(C)c2c(F)c(F)c(F)c(C)c2[n+]1C. The summed E-state index contributed by atoms with van der Waals surface area (Å²) in [5, 5.41) is 0.175. The minimum atomic E-state index is -1.39. The highest BCUT2D eigenvalue weighted by atomic mass is 19.2. The summed E-state index contributed by atoms with van der Waals surface area (Å²) in [5.41, 5.74) is 3.16. The van der Waals surface area contributed by atoms with Gasteiger partial charge in [0.25, 0.3) is 0 Å². The standard InChI is InChI=1S/C15H17F3N/c1-6-10-7(2)8(3)11-13(17)14(18)12(16)9(4)15(11)19(10)5/h6H2,1-5H3/q+1. The first-order valence-electron chi connectivity index (χ1n) is 6.27. The zero-order valence-electron chi connectivity index (χ0n) is 11.8. The number of pyridine rings is 1. The Labute approximate surface area is 110 Å². The molecule has 0 atom stereocenters. The van der Waals surface area contributed by atoms with Gasteiger partial charge in [0.1, 0.15) is 7.05 Å². The second-order valence-corrected chi connectivity index (χ2v) is 4.90. The van der Waals surface area contributed by atoms with Crippen LogP contribution in [-0.2, 0) is 13.5 Å². The fourth-order valence-electron chi connectivity index (χ4n) is 2.82. The van der Waals surface area contributed by atoms with Gasteiger partial charge in [-0.2, -0.15) is 4.57 Å². The highest BCUT2D eigenvalue weighted by molar-refractivity contribution is 5.84. The van der Waals surface area contributed by atoms with Gasteiger partial charge in [0.2, 0.25) is 5.52 Å². The van der Waals surface area contributed by atoms with Crippen molar-refractivity contribution >= 4 is 10.9 Å². The van der Waals surface area contributed by atoms with Crippen molar-refractivity contribution in [3.8, 4) is 0 Å². The number of aryl methyl sites for hydroxylation is 3. The molecule has 19 heavy (non-hydrogen) atoms. The Morgan fingerprint density at radius 1 is 0.842 bits per heavy atom. The van der Waals surface area contributed by atoms with Gasteiger partial charge in [0, 0.05) is 12.0 Å². The number of hydrogen-bond acceptors (Lipinski definition) is 0. The van der Waals surface area contributed by atoms with Crippen LogP contribution in [0.5, 0.6) is 0 Å². The maximum atomic E-state index is 14.1. The molecule has 1 aromatic carbocycles. The second kappa shape index (κ2) is 4.51. The van der Waals surface area contributed by atoms with E-state index in [9.17, 15) is 13.2 Å². The molecule has 0 bridgehead atoms. The van der Waals surface area contributed by atoms with Crippen LogP contribution in [0.1, 0.15) is 29.3 Å². The van der Waals surface area contributed by atoms with Crippen LogP contribution in [0.15, 0.2) is 0 Å². The largest absolute Gasteiger partial charge is 0.221 e. The van der Waals surface area contributed by atoms with Crippen LogP contribution in [-0.4, -0.2) is 0 Å². The lowest BCUT2D eigenvalue weighted by Crippen LogP contribution is -2.37. The highest BCUT2D eigenvalue weighted by Crippen LogP contribution is 2.29. The van der Waals surface area contributed by atoms with E-state index in [1.807, 2.05) is 13.8 Å². The molecule has 1 aromatic heterocycles. The van der Waals surface area contributed by atoms with Crippen LogP contribution in [0.4, 0.5) is 13.2 Å². The summed E-state index contributed by atoms with van der Waals surface area (Å²) in [4.78, 5) is 0. The van der Waals surface area contributed by atoms with E-state index in [2.05, 4.69) is 0 Å². The lowest BCUT2D eigenvalue weighted by atomic mass is 9.98. The lowest BCUT2D eigenvalue weighted by molar-refractivity contribution is -0.653. The number of fused-ring (bicyclic) bond motifs is 1. The van der Waals surface area contributed by atoms with E-state index in [0.29, 0.717) is 11.1 Å². The molecule has 0 saturated carbocycles. The number of rotatable bonds is 1. The number of halogens is 3. The minimum Gasteiger partial charge on any atom is -0.203 e. The Morgan fingerprint density at radius 3 is 1.95 bits per heavy atom. The lowest BCUT2D eigenvalue weighted by Gasteiger charge is -2.13. The van der Waals surface area contributed by atoms with Gasteiger partial charge in [-0.3, -0.25) is 0 Å². The smallest absolute Gasteiger partial charge is 0.203 e. The van der Waals surface area contributed by atoms with Gasteiger partial charge in [0.05, 0.1) is 10.9 Å². The van der Waals surface area contributed by atoms with Gasteiger partial charge in [-0.25, -0.2) is 13.2 Å². The number of benzene rings is 1. The summed E-state index contributed by atoms with van der Waals surface area (Å²) in [5.74, 6) is -3.60. The molecule has 0 radical (unpaired) electrons. The summed E-state index contributed by atoms with van der Waals surface area (Å²) < 4.78 is 43.2. The first-order chi connectivity index (χ1) is 8.82. The Balaban J connectivity index is 3.18. The van der Waals surface area contributed by atoms with E-state index in [1.54, 1.807) is 18.5 Å². The Hall–Kier alpha value is -1.58. The normalized spacial score (nSPS) is 11.4. The molecular formula is C15H17F3N+. The summed E-state index contributed by atoms with van der Waals surface area (Å²) in [6.07, 6.45) is 0.749. The summed E-state index contributed by atoms with van der Waals surface area (Å²) >= 11 is 0. The van der Waals surface area contributed by atoms with E-state index in [4.69, 9.17) is 0 Å². The zero-order valence-corrected chi connectivity index (χ0v) is 11.8. The molecule has 102 valence electrons. The fraction of sp³-hybridized carbons (Fsp3) is 0.400. The Kier molecular flexibility index (Phi) is 3.29. The Morgan fingerprint density at radius 2 is 1.42 bits per heavy atom. The van der Waals surface area contributed by atoms with Crippen molar-refractivity contribution in [2.24, 2.45) is 7.05 Å². The molecule has 4 heteroatoms. The van der Waals surface area contributed by atoms with E-state index in [1.165, 1.54) is 6.92 Å². The topological polar surface area (TPSA) is 3.88 Å². The molecule has 0 aliphatic carbocycles. The van der Waals surface area contributed by atoms with Gasteiger partial charge >= 0.3 is 0 Å². The average Bonchev–Trinajstić information content (AvgIpc) is 2.38. The number of hydrogen-bond donors (Lipinski definition) is 0. The maximum Gasteiger partial charge on any atom is 0.221 e. The van der Waals surface area contributed by atoms with Crippen molar-refractivity contribution in [1.82, 2.24) is 0 Å². The molecule has 0 amide bonds. The number of nitrogens with zero attached hydrogens (tertiary/aromatic N) is 1. The van der Waals surface area contributed by atoms with Crippen LogP contribution in [0.2, 0.25) is 0 Å². The molecular weight excluding hydrogens is 251 g/mol. The molecule has 0 N–H and O–H groups in total. The van der Waals surface area contributed by atoms with Gasteiger partial charge in [-0.15, -0.1) is 0 Å². The van der Waals surface area contributed by atoms with Gasteiger partial charge < -0.3 is 0 Å². The number of aromatic nitrogens is 1. The molecule has 1 heterocycles. The van der Waals surface area contributed by atoms with Gasteiger partial charge in [-0.1, -0.05) is 6.92 Å². The first-order valence-corrected chi connectivity index (χ1v) is 6.27. The summed E-state index contributed by atoms with van der Waals surface area (Å²) in [6.45, 7) is 7.09. The van der Waals surface area contributed by atoms with Crippen molar-refractivity contribution < 1.29 is 17.7 Å². The molecule has 0 fully saturated rings. The van der Waals surface area contributed by atoms with E-state index in [-0.39, 0.29) is 10.9 Å². The summed E-state index contributed by atoms with van der Waals surface area (Å²) in [6, 6.07) is 0. The predicted molar refractivity (Wildman–Crippen MR) is 68.6 cm³/mol. The molecule has 2 rings (SSSR count). The molecule has 0 aliphatic heterocycles. The first kappa shape index (κ1) is 13.8. The second-order valence-electron chi connectivity index (χ2n) is 4.90. The van der Waals surface area contributed by atoms with Crippen molar-refractivity contribution in [3.63, 3.8) is 0 Å². The molecule has 0 unspecified atom stereocenters. The van der Waals surface area contributed by atoms with Crippen molar-refractivity contribution in [2.45, 2.75) is 34.1 Å². The van der Waals surface area contributed by atoms with Crippen LogP contribution in [0.3, 0.4) is 0 Å². The summed E-state index contributed by atoms with van der Waals surface area (Å²) in [7, 11) is 1.76. The van der Waals surface area contributed by atoms with E-state index < -0.39 is 17.5 Å². The Bertz CT molecular complexity index is 690. The fourth-order valence-corrected chi connectivity index (χ4v) is 2.82. The predicted octanol–water partition coefficient (Wildman–Crippen LogP) is 3.57. The molecule has 0 spiro atoms. The van der Waals surface area contributed by atoms with Crippen molar-refractivity contribution in [2.75, 3.05) is 0 Å². The van der Waals surface area contributed by atoms with Crippen molar-refractivity contribution in [3.05, 3.63) is 39.8 Å². The minimum absolute atomic E-state index is 0.147. The van der Waals surface area contributed by atoms with E-state index in [0.717, 1.165) is 17.7 Å². The maximum absolute atomic E-state index is 14.1. The van der Waals surface area contributed by atoms with Gasteiger partial charge in [-0.05, 0) is 26.3 Å².